The lowest BCUT2D eigenvalue weighted by molar-refractivity contribution is 0.385. The van der Waals surface area contributed by atoms with E-state index >= 15 is 0 Å². The minimum absolute atomic E-state index is 0.804. The van der Waals surface area contributed by atoms with Crippen molar-refractivity contribution in [1.29, 1.82) is 0 Å². The second kappa shape index (κ2) is 2.27. The molecule has 0 unspecified atom stereocenters. The van der Waals surface area contributed by atoms with Gasteiger partial charge in [0.25, 0.3) is 0 Å². The first-order chi connectivity index (χ1) is 4.47. The van der Waals surface area contributed by atoms with E-state index in [1.807, 2.05) is 0 Å². The van der Waals surface area contributed by atoms with Crippen LogP contribution in [0.25, 0.3) is 0 Å². The van der Waals surface area contributed by atoms with Crippen molar-refractivity contribution in [2.24, 2.45) is 5.92 Å². The van der Waals surface area contributed by atoms with E-state index in [4.69, 9.17) is 0 Å². The molecule has 2 nitrogen and oxygen atoms in total. The van der Waals surface area contributed by atoms with Gasteiger partial charge in [-0.15, -0.1) is 0 Å². The highest BCUT2D eigenvalue weighted by atomic mass is 15.1. The largest absolute Gasteiger partial charge is 0.314 e. The fourth-order valence-corrected chi connectivity index (χ4v) is 1.51. The summed E-state index contributed by atoms with van der Waals surface area (Å²) in [5.41, 5.74) is 0. The summed E-state index contributed by atoms with van der Waals surface area (Å²) in [4.78, 5) is 0. The van der Waals surface area contributed by atoms with Crippen LogP contribution >= 0.6 is 0 Å². The molecule has 0 spiro atoms. The summed E-state index contributed by atoms with van der Waals surface area (Å²) in [7, 11) is 0. The highest BCUT2D eigenvalue weighted by Crippen LogP contribution is 2.32. The summed E-state index contributed by atoms with van der Waals surface area (Å²) in [5, 5.41) is 6.91. The molecule has 0 aromatic heterocycles. The van der Waals surface area contributed by atoms with Gasteiger partial charge in [-0.3, -0.25) is 0 Å². The average Bonchev–Trinajstić information content (AvgIpc) is 2.71. The zero-order chi connectivity index (χ0) is 6.10. The van der Waals surface area contributed by atoms with E-state index in [-0.39, 0.29) is 0 Å². The maximum atomic E-state index is 3.52. The molecule has 1 saturated heterocycles. The van der Waals surface area contributed by atoms with E-state index in [0.717, 1.165) is 18.5 Å². The molecule has 2 rings (SSSR count). The van der Waals surface area contributed by atoms with Gasteiger partial charge in [-0.1, -0.05) is 0 Å². The van der Waals surface area contributed by atoms with E-state index in [2.05, 4.69) is 10.6 Å². The van der Waals surface area contributed by atoms with Gasteiger partial charge in [0.05, 0.1) is 0 Å². The highest BCUT2D eigenvalue weighted by molar-refractivity contribution is 4.89. The number of hydrogen-bond donors (Lipinski definition) is 2. The molecular formula is C7H14N2. The van der Waals surface area contributed by atoms with E-state index in [0.29, 0.717) is 0 Å². The number of piperazine rings is 1. The predicted molar refractivity (Wildman–Crippen MR) is 37.4 cm³/mol. The Balaban J connectivity index is 1.80. The molecule has 2 aliphatic rings. The molecule has 52 valence electrons. The van der Waals surface area contributed by atoms with Gasteiger partial charge in [-0.25, -0.2) is 0 Å². The Labute approximate surface area is 56.0 Å². The SMILES string of the molecule is C1CN[C@@H](C2CC2)CN1. The summed E-state index contributed by atoms with van der Waals surface area (Å²) < 4.78 is 0. The summed E-state index contributed by atoms with van der Waals surface area (Å²) in [5.74, 6) is 1.01. The zero-order valence-electron chi connectivity index (χ0n) is 5.69. The van der Waals surface area contributed by atoms with Crippen LogP contribution in [0.15, 0.2) is 0 Å². The lowest BCUT2D eigenvalue weighted by Gasteiger charge is -2.23. The van der Waals surface area contributed by atoms with Gasteiger partial charge in [0.15, 0.2) is 0 Å². The van der Waals surface area contributed by atoms with Gasteiger partial charge < -0.3 is 10.6 Å². The lowest BCUT2D eigenvalue weighted by Crippen LogP contribution is -2.49. The van der Waals surface area contributed by atoms with Crippen molar-refractivity contribution >= 4 is 0 Å². The molecule has 2 heteroatoms. The molecular weight excluding hydrogens is 112 g/mol. The Hall–Kier alpha value is -0.0800. The summed E-state index contributed by atoms with van der Waals surface area (Å²) >= 11 is 0. The molecule has 9 heavy (non-hydrogen) atoms. The van der Waals surface area contributed by atoms with Gasteiger partial charge in [0.1, 0.15) is 0 Å². The molecule has 2 N–H and O–H groups in total. The molecule has 0 amide bonds. The van der Waals surface area contributed by atoms with Gasteiger partial charge >= 0.3 is 0 Å². The second-order valence-corrected chi connectivity index (χ2v) is 3.10. The summed E-state index contributed by atoms with van der Waals surface area (Å²) in [6.45, 7) is 3.52. The molecule has 1 saturated carbocycles. The zero-order valence-corrected chi connectivity index (χ0v) is 5.69. The Kier molecular flexibility index (Phi) is 1.44. The molecule has 0 aromatic carbocycles. The average molecular weight is 126 g/mol. The molecule has 0 radical (unpaired) electrons. The van der Waals surface area contributed by atoms with Crippen molar-refractivity contribution in [1.82, 2.24) is 10.6 Å². The van der Waals surface area contributed by atoms with Gasteiger partial charge in [0.2, 0.25) is 0 Å². The Morgan fingerprint density at radius 2 is 2.00 bits per heavy atom. The van der Waals surface area contributed by atoms with Crippen molar-refractivity contribution in [2.45, 2.75) is 18.9 Å². The van der Waals surface area contributed by atoms with Gasteiger partial charge in [0, 0.05) is 25.7 Å². The quantitative estimate of drug-likeness (QED) is 0.515. The fraction of sp³-hybridized carbons (Fsp3) is 1.00. The standard InChI is InChI=1S/C7H14N2/c1-2-6(1)7-5-8-3-4-9-7/h6-9H,1-5H2/t7-/m1/s1. The molecule has 1 heterocycles. The van der Waals surface area contributed by atoms with Crippen LogP contribution in [0.1, 0.15) is 12.8 Å². The number of nitrogens with one attached hydrogen (secondary N) is 2. The third kappa shape index (κ3) is 1.25. The minimum atomic E-state index is 0.804. The first-order valence-electron chi connectivity index (χ1n) is 3.91. The maximum Gasteiger partial charge on any atom is 0.0221 e. The van der Waals surface area contributed by atoms with E-state index in [1.54, 1.807) is 0 Å². The molecule has 2 fully saturated rings. The van der Waals surface area contributed by atoms with Crippen LogP contribution in [0.5, 0.6) is 0 Å². The van der Waals surface area contributed by atoms with Gasteiger partial charge in [-0.2, -0.15) is 0 Å². The van der Waals surface area contributed by atoms with Crippen LogP contribution in [-0.4, -0.2) is 25.7 Å². The fourth-order valence-electron chi connectivity index (χ4n) is 1.51. The third-order valence-electron chi connectivity index (χ3n) is 2.26. The highest BCUT2D eigenvalue weighted by Gasteiger charge is 2.31. The van der Waals surface area contributed by atoms with Crippen molar-refractivity contribution in [3.05, 3.63) is 0 Å². The molecule has 0 aromatic rings. The van der Waals surface area contributed by atoms with Gasteiger partial charge in [-0.05, 0) is 18.8 Å². The van der Waals surface area contributed by atoms with Crippen LogP contribution in [0, 0.1) is 5.92 Å². The Bertz CT molecular complexity index is 93.1. The van der Waals surface area contributed by atoms with Crippen LogP contribution in [0.2, 0.25) is 0 Å². The predicted octanol–water partition coefficient (Wildman–Crippen LogP) is -0.0422. The van der Waals surface area contributed by atoms with Crippen LogP contribution in [0.3, 0.4) is 0 Å². The van der Waals surface area contributed by atoms with E-state index in [1.165, 1.54) is 25.9 Å². The third-order valence-corrected chi connectivity index (χ3v) is 2.26. The van der Waals surface area contributed by atoms with Crippen LogP contribution in [-0.2, 0) is 0 Å². The Morgan fingerprint density at radius 3 is 2.56 bits per heavy atom. The minimum Gasteiger partial charge on any atom is -0.314 e. The van der Waals surface area contributed by atoms with Crippen LogP contribution < -0.4 is 10.6 Å². The molecule has 1 atom stereocenters. The van der Waals surface area contributed by atoms with Crippen LogP contribution in [0.4, 0.5) is 0 Å². The van der Waals surface area contributed by atoms with Crippen molar-refractivity contribution < 1.29 is 0 Å². The van der Waals surface area contributed by atoms with Crippen molar-refractivity contribution in [3.8, 4) is 0 Å². The Morgan fingerprint density at radius 1 is 1.11 bits per heavy atom. The summed E-state index contributed by atoms with van der Waals surface area (Å²) in [6, 6.07) is 0.804. The van der Waals surface area contributed by atoms with E-state index in [9.17, 15) is 0 Å². The second-order valence-electron chi connectivity index (χ2n) is 3.10. The first kappa shape index (κ1) is 5.69. The van der Waals surface area contributed by atoms with Crippen molar-refractivity contribution in [2.75, 3.05) is 19.6 Å². The molecule has 0 bridgehead atoms. The topological polar surface area (TPSA) is 24.1 Å². The molecule has 1 aliphatic carbocycles. The number of rotatable bonds is 1. The lowest BCUT2D eigenvalue weighted by atomic mass is 10.1. The first-order valence-corrected chi connectivity index (χ1v) is 3.91. The number of hydrogen-bond acceptors (Lipinski definition) is 2. The maximum absolute atomic E-state index is 3.52. The summed E-state index contributed by atoms with van der Waals surface area (Å²) in [6.07, 6.45) is 2.92. The van der Waals surface area contributed by atoms with Crippen molar-refractivity contribution in [3.63, 3.8) is 0 Å². The normalized spacial score (nSPS) is 36.7. The monoisotopic (exact) mass is 126 g/mol. The smallest absolute Gasteiger partial charge is 0.0221 e. The molecule has 1 aliphatic heterocycles. The van der Waals surface area contributed by atoms with E-state index < -0.39 is 0 Å².